The summed E-state index contributed by atoms with van der Waals surface area (Å²) in [5.74, 6) is 0. The Morgan fingerprint density at radius 2 is 0.829 bits per heavy atom. The molecule has 7 aromatic carbocycles. The van der Waals surface area contributed by atoms with Gasteiger partial charge in [0.1, 0.15) is 0 Å². The first-order valence-corrected chi connectivity index (χ1v) is 14.0. The molecule has 0 saturated carbocycles. The molecule has 7 rings (SSSR count). The summed E-state index contributed by atoms with van der Waals surface area (Å²) < 4.78 is 0. The van der Waals surface area contributed by atoms with E-state index in [-0.39, 0.29) is 0 Å². The summed E-state index contributed by atoms with van der Waals surface area (Å²) >= 11 is 0. The van der Waals surface area contributed by atoms with Crippen LogP contribution < -0.4 is 4.90 Å². The van der Waals surface area contributed by atoms with Crippen molar-refractivity contribution in [1.82, 2.24) is 0 Å². The highest BCUT2D eigenvalue weighted by Crippen LogP contribution is 2.41. The van der Waals surface area contributed by atoms with Gasteiger partial charge in [0, 0.05) is 17.1 Å². The van der Waals surface area contributed by atoms with Gasteiger partial charge < -0.3 is 4.90 Å². The first-order valence-electron chi connectivity index (χ1n) is 14.0. The van der Waals surface area contributed by atoms with Gasteiger partial charge in [-0.1, -0.05) is 140 Å². The van der Waals surface area contributed by atoms with Gasteiger partial charge in [-0.15, -0.1) is 0 Å². The van der Waals surface area contributed by atoms with Gasteiger partial charge in [0.25, 0.3) is 0 Å². The molecule has 0 aliphatic heterocycles. The lowest BCUT2D eigenvalue weighted by Gasteiger charge is -2.27. The fourth-order valence-corrected chi connectivity index (χ4v) is 5.62. The van der Waals surface area contributed by atoms with E-state index in [2.05, 4.69) is 181 Å². The SMILES string of the molecule is c1ccc(-c2ccc(N(c3cccc(-c4ccccc4)c3)c3cc(-c4ccccc4)c4ccccc4c3)cc2)cc1. The van der Waals surface area contributed by atoms with Gasteiger partial charge in [0.05, 0.1) is 0 Å². The van der Waals surface area contributed by atoms with E-state index >= 15 is 0 Å². The number of anilines is 3. The first kappa shape index (κ1) is 24.6. The second-order valence-corrected chi connectivity index (χ2v) is 10.2. The van der Waals surface area contributed by atoms with Gasteiger partial charge in [-0.05, 0) is 80.6 Å². The Hall–Kier alpha value is -5.40. The minimum absolute atomic E-state index is 1.11. The van der Waals surface area contributed by atoms with Crippen LogP contribution in [0.2, 0.25) is 0 Å². The second-order valence-electron chi connectivity index (χ2n) is 10.2. The van der Waals surface area contributed by atoms with Crippen molar-refractivity contribution in [3.8, 4) is 33.4 Å². The molecule has 0 unspecified atom stereocenters. The van der Waals surface area contributed by atoms with Crippen molar-refractivity contribution in [3.05, 3.63) is 176 Å². The normalized spacial score (nSPS) is 10.9. The van der Waals surface area contributed by atoms with Crippen molar-refractivity contribution in [1.29, 1.82) is 0 Å². The van der Waals surface area contributed by atoms with Crippen molar-refractivity contribution in [3.63, 3.8) is 0 Å². The molecule has 0 atom stereocenters. The number of benzene rings is 7. The Kier molecular flexibility index (Phi) is 6.61. The highest BCUT2D eigenvalue weighted by Gasteiger charge is 2.17. The van der Waals surface area contributed by atoms with Crippen molar-refractivity contribution < 1.29 is 0 Å². The van der Waals surface area contributed by atoms with E-state index < -0.39 is 0 Å². The molecular formula is C40H29N. The molecule has 0 aromatic heterocycles. The average molecular weight is 524 g/mol. The number of hydrogen-bond donors (Lipinski definition) is 0. The lowest BCUT2D eigenvalue weighted by molar-refractivity contribution is 1.29. The van der Waals surface area contributed by atoms with Gasteiger partial charge in [-0.3, -0.25) is 0 Å². The summed E-state index contributed by atoms with van der Waals surface area (Å²) in [7, 11) is 0. The molecular weight excluding hydrogens is 494 g/mol. The van der Waals surface area contributed by atoms with Crippen LogP contribution in [0.5, 0.6) is 0 Å². The molecule has 0 spiro atoms. The van der Waals surface area contributed by atoms with Gasteiger partial charge in [0.15, 0.2) is 0 Å². The molecule has 0 radical (unpaired) electrons. The minimum atomic E-state index is 1.11. The first-order chi connectivity index (χ1) is 20.3. The fraction of sp³-hybridized carbons (Fsp3) is 0. The monoisotopic (exact) mass is 523 g/mol. The van der Waals surface area contributed by atoms with Crippen LogP contribution in [0, 0.1) is 0 Å². The molecule has 0 saturated heterocycles. The van der Waals surface area contributed by atoms with E-state index in [0.717, 1.165) is 17.1 Å². The van der Waals surface area contributed by atoms with Gasteiger partial charge in [-0.25, -0.2) is 0 Å². The molecule has 1 heteroatoms. The third-order valence-electron chi connectivity index (χ3n) is 7.63. The van der Waals surface area contributed by atoms with Crippen LogP contribution in [-0.2, 0) is 0 Å². The third kappa shape index (κ3) is 5.02. The maximum Gasteiger partial charge on any atom is 0.0474 e. The molecule has 0 amide bonds. The molecule has 0 heterocycles. The minimum Gasteiger partial charge on any atom is -0.310 e. The molecule has 0 aliphatic carbocycles. The predicted molar refractivity (Wildman–Crippen MR) is 175 cm³/mol. The Labute approximate surface area is 241 Å². The van der Waals surface area contributed by atoms with Crippen LogP contribution in [-0.4, -0.2) is 0 Å². The zero-order chi connectivity index (χ0) is 27.4. The Morgan fingerprint density at radius 3 is 1.51 bits per heavy atom. The maximum atomic E-state index is 2.38. The summed E-state index contributed by atoms with van der Waals surface area (Å²) in [6, 6.07) is 62.9. The van der Waals surface area contributed by atoms with E-state index in [9.17, 15) is 0 Å². The van der Waals surface area contributed by atoms with E-state index in [0.29, 0.717) is 0 Å². The fourth-order valence-electron chi connectivity index (χ4n) is 5.62. The topological polar surface area (TPSA) is 3.24 Å². The number of rotatable bonds is 6. The van der Waals surface area contributed by atoms with Crippen LogP contribution in [0.15, 0.2) is 176 Å². The van der Waals surface area contributed by atoms with Crippen LogP contribution >= 0.6 is 0 Å². The van der Waals surface area contributed by atoms with Crippen LogP contribution in [0.4, 0.5) is 17.1 Å². The largest absolute Gasteiger partial charge is 0.310 e. The molecule has 194 valence electrons. The Morgan fingerprint density at radius 1 is 0.293 bits per heavy atom. The summed E-state index contributed by atoms with van der Waals surface area (Å²) in [6.07, 6.45) is 0. The molecule has 0 aliphatic rings. The molecule has 0 fully saturated rings. The second kappa shape index (κ2) is 11.0. The van der Waals surface area contributed by atoms with Crippen molar-refractivity contribution in [2.45, 2.75) is 0 Å². The lowest BCUT2D eigenvalue weighted by Crippen LogP contribution is -2.10. The van der Waals surface area contributed by atoms with Crippen LogP contribution in [0.25, 0.3) is 44.2 Å². The molecule has 41 heavy (non-hydrogen) atoms. The lowest BCUT2D eigenvalue weighted by atomic mass is 9.96. The average Bonchev–Trinajstić information content (AvgIpc) is 3.06. The number of nitrogens with zero attached hydrogens (tertiary/aromatic N) is 1. The zero-order valence-corrected chi connectivity index (χ0v) is 22.7. The third-order valence-corrected chi connectivity index (χ3v) is 7.63. The Balaban J connectivity index is 1.43. The standard InChI is InChI=1S/C40H29N/c1-4-13-30(14-5-1)32-23-25-36(26-24-32)41(37-21-12-20-34(27-37)31-15-6-2-7-16-31)38-28-35-19-10-11-22-39(35)40(29-38)33-17-8-3-9-18-33/h1-29H. The molecule has 0 bridgehead atoms. The van der Waals surface area contributed by atoms with Gasteiger partial charge in [0.2, 0.25) is 0 Å². The summed E-state index contributed by atoms with van der Waals surface area (Å²) in [5.41, 5.74) is 10.6. The number of hydrogen-bond acceptors (Lipinski definition) is 1. The highest BCUT2D eigenvalue weighted by atomic mass is 15.1. The number of fused-ring (bicyclic) bond motifs is 1. The highest BCUT2D eigenvalue weighted by molar-refractivity contribution is 6.01. The van der Waals surface area contributed by atoms with E-state index in [1.165, 1.54) is 44.2 Å². The molecule has 7 aromatic rings. The van der Waals surface area contributed by atoms with Crippen LogP contribution in [0.3, 0.4) is 0 Å². The summed E-state index contributed by atoms with van der Waals surface area (Å²) in [4.78, 5) is 2.38. The van der Waals surface area contributed by atoms with Crippen molar-refractivity contribution in [2.24, 2.45) is 0 Å². The summed E-state index contributed by atoms with van der Waals surface area (Å²) in [6.45, 7) is 0. The molecule has 0 N–H and O–H groups in total. The van der Waals surface area contributed by atoms with E-state index in [1.807, 2.05) is 0 Å². The van der Waals surface area contributed by atoms with Crippen molar-refractivity contribution >= 4 is 27.8 Å². The van der Waals surface area contributed by atoms with Gasteiger partial charge in [-0.2, -0.15) is 0 Å². The van der Waals surface area contributed by atoms with Crippen LogP contribution in [0.1, 0.15) is 0 Å². The van der Waals surface area contributed by atoms with E-state index in [4.69, 9.17) is 0 Å². The molecule has 1 nitrogen and oxygen atoms in total. The zero-order valence-electron chi connectivity index (χ0n) is 22.7. The van der Waals surface area contributed by atoms with Gasteiger partial charge >= 0.3 is 0 Å². The Bertz CT molecular complexity index is 1910. The smallest absolute Gasteiger partial charge is 0.0474 e. The van der Waals surface area contributed by atoms with E-state index in [1.54, 1.807) is 0 Å². The van der Waals surface area contributed by atoms with Crippen molar-refractivity contribution in [2.75, 3.05) is 4.90 Å². The summed E-state index contributed by atoms with van der Waals surface area (Å²) in [5, 5.41) is 2.47. The predicted octanol–water partition coefficient (Wildman–Crippen LogP) is 11.3. The quantitative estimate of drug-likeness (QED) is 0.209. The maximum absolute atomic E-state index is 2.38.